The largest absolute Gasteiger partial charge is 0.364 e. The minimum absolute atomic E-state index is 0.102. The smallest absolute Gasteiger partial charge is 0.278 e. The number of carbonyl (C=O) groups excluding carboxylic acids is 1. The molecule has 1 aromatic carbocycles. The predicted octanol–water partition coefficient (Wildman–Crippen LogP) is 3.53. The highest BCUT2D eigenvalue weighted by Gasteiger charge is 2.15. The first-order valence-electron chi connectivity index (χ1n) is 6.21. The fourth-order valence-corrected chi connectivity index (χ4v) is 1.75. The molecule has 19 heavy (non-hydrogen) atoms. The summed E-state index contributed by atoms with van der Waals surface area (Å²) < 4.78 is 4.76. The standard InChI is InChI=1S/C15H18N2O2/c1-10-9-19-17-13(10)14(18)16-12-7-5-11(6-8-12)15(2,3)4/h5-9H,1-4H3,(H,16,18). The maximum Gasteiger partial charge on any atom is 0.278 e. The van der Waals surface area contributed by atoms with Crippen LogP contribution in [0.4, 0.5) is 5.69 Å². The van der Waals surface area contributed by atoms with Crippen molar-refractivity contribution in [2.45, 2.75) is 33.1 Å². The Morgan fingerprint density at radius 2 is 1.84 bits per heavy atom. The molecule has 0 unspecified atom stereocenters. The van der Waals surface area contributed by atoms with Crippen LogP contribution in [0.5, 0.6) is 0 Å². The van der Waals surface area contributed by atoms with Gasteiger partial charge < -0.3 is 9.84 Å². The molecule has 0 radical (unpaired) electrons. The van der Waals surface area contributed by atoms with Gasteiger partial charge in [-0.25, -0.2) is 0 Å². The fraction of sp³-hybridized carbons (Fsp3) is 0.333. The lowest BCUT2D eigenvalue weighted by molar-refractivity contribution is 0.101. The highest BCUT2D eigenvalue weighted by atomic mass is 16.5. The summed E-state index contributed by atoms with van der Waals surface area (Å²) in [4.78, 5) is 11.9. The van der Waals surface area contributed by atoms with Gasteiger partial charge >= 0.3 is 0 Å². The molecule has 0 bridgehead atoms. The molecular weight excluding hydrogens is 240 g/mol. The van der Waals surface area contributed by atoms with Crippen molar-refractivity contribution in [3.8, 4) is 0 Å². The van der Waals surface area contributed by atoms with E-state index in [4.69, 9.17) is 4.52 Å². The van der Waals surface area contributed by atoms with Gasteiger partial charge in [-0.05, 0) is 30.0 Å². The summed E-state index contributed by atoms with van der Waals surface area (Å²) in [5.41, 5.74) is 3.12. The van der Waals surface area contributed by atoms with Gasteiger partial charge in [-0.3, -0.25) is 4.79 Å². The van der Waals surface area contributed by atoms with Crippen LogP contribution in [0.2, 0.25) is 0 Å². The molecule has 4 heteroatoms. The van der Waals surface area contributed by atoms with Crippen LogP contribution in [0, 0.1) is 6.92 Å². The van der Waals surface area contributed by atoms with E-state index in [1.165, 1.54) is 11.8 Å². The van der Waals surface area contributed by atoms with Crippen molar-refractivity contribution in [1.29, 1.82) is 0 Å². The van der Waals surface area contributed by atoms with E-state index >= 15 is 0 Å². The van der Waals surface area contributed by atoms with Crippen LogP contribution in [0.25, 0.3) is 0 Å². The second kappa shape index (κ2) is 4.88. The van der Waals surface area contributed by atoms with Gasteiger partial charge in [0.05, 0.1) is 0 Å². The molecule has 0 aliphatic rings. The number of nitrogens with zero attached hydrogens (tertiary/aromatic N) is 1. The van der Waals surface area contributed by atoms with E-state index in [0.29, 0.717) is 5.69 Å². The third kappa shape index (κ3) is 3.02. The molecule has 2 rings (SSSR count). The van der Waals surface area contributed by atoms with Crippen LogP contribution >= 0.6 is 0 Å². The minimum atomic E-state index is -0.255. The summed E-state index contributed by atoms with van der Waals surface area (Å²) in [6.45, 7) is 8.24. The lowest BCUT2D eigenvalue weighted by Crippen LogP contribution is -2.14. The van der Waals surface area contributed by atoms with Gasteiger partial charge in [0.1, 0.15) is 6.26 Å². The quantitative estimate of drug-likeness (QED) is 0.896. The second-order valence-corrected chi connectivity index (χ2v) is 5.63. The molecule has 1 aromatic heterocycles. The van der Waals surface area contributed by atoms with Crippen molar-refractivity contribution >= 4 is 11.6 Å². The number of hydrogen-bond acceptors (Lipinski definition) is 3. The van der Waals surface area contributed by atoms with Gasteiger partial charge in [0.15, 0.2) is 5.69 Å². The number of aromatic nitrogens is 1. The zero-order valence-corrected chi connectivity index (χ0v) is 11.7. The monoisotopic (exact) mass is 258 g/mol. The van der Waals surface area contributed by atoms with E-state index in [1.807, 2.05) is 24.3 Å². The van der Waals surface area contributed by atoms with Crippen LogP contribution in [0.15, 0.2) is 35.1 Å². The maximum atomic E-state index is 11.9. The van der Waals surface area contributed by atoms with Gasteiger partial charge in [-0.2, -0.15) is 0 Å². The molecule has 1 N–H and O–H groups in total. The van der Waals surface area contributed by atoms with Crippen LogP contribution in [0.1, 0.15) is 42.4 Å². The zero-order valence-electron chi connectivity index (χ0n) is 11.7. The Kier molecular flexibility index (Phi) is 3.42. The van der Waals surface area contributed by atoms with E-state index in [0.717, 1.165) is 11.3 Å². The SMILES string of the molecule is Cc1conc1C(=O)Nc1ccc(C(C)(C)C)cc1. The number of hydrogen-bond donors (Lipinski definition) is 1. The number of rotatable bonds is 2. The van der Waals surface area contributed by atoms with Crippen molar-refractivity contribution in [2.75, 3.05) is 5.32 Å². The third-order valence-corrected chi connectivity index (χ3v) is 2.97. The lowest BCUT2D eigenvalue weighted by Gasteiger charge is -2.19. The molecule has 0 fully saturated rings. The number of anilines is 1. The van der Waals surface area contributed by atoms with Gasteiger partial charge in [0.25, 0.3) is 5.91 Å². The Labute approximate surface area is 112 Å². The first-order chi connectivity index (χ1) is 8.88. The summed E-state index contributed by atoms with van der Waals surface area (Å²) >= 11 is 0. The Bertz CT molecular complexity index is 577. The molecular formula is C15H18N2O2. The van der Waals surface area contributed by atoms with Crippen LogP contribution in [0.3, 0.4) is 0 Å². The number of aryl methyl sites for hydroxylation is 1. The molecule has 0 saturated carbocycles. The van der Waals surface area contributed by atoms with E-state index in [2.05, 4.69) is 31.2 Å². The Balaban J connectivity index is 2.12. The number of carbonyl (C=O) groups is 1. The maximum absolute atomic E-state index is 11.9. The van der Waals surface area contributed by atoms with Gasteiger partial charge in [-0.1, -0.05) is 38.1 Å². The Hall–Kier alpha value is -2.10. The van der Waals surface area contributed by atoms with Gasteiger partial charge in [0.2, 0.25) is 0 Å². The Morgan fingerprint density at radius 1 is 1.21 bits per heavy atom. The molecule has 4 nitrogen and oxygen atoms in total. The second-order valence-electron chi connectivity index (χ2n) is 5.63. The summed E-state index contributed by atoms with van der Waals surface area (Å²) in [7, 11) is 0. The van der Waals surface area contributed by atoms with E-state index < -0.39 is 0 Å². The molecule has 0 aliphatic carbocycles. The third-order valence-electron chi connectivity index (χ3n) is 2.97. The molecule has 100 valence electrons. The normalized spacial score (nSPS) is 11.4. The molecule has 2 aromatic rings. The topological polar surface area (TPSA) is 55.1 Å². The van der Waals surface area contributed by atoms with Crippen LogP contribution in [-0.2, 0) is 5.41 Å². The van der Waals surface area contributed by atoms with E-state index in [9.17, 15) is 4.79 Å². The molecule has 1 amide bonds. The first kappa shape index (κ1) is 13.3. The average Bonchev–Trinajstić information content (AvgIpc) is 2.75. The lowest BCUT2D eigenvalue weighted by atomic mass is 9.87. The number of benzene rings is 1. The zero-order chi connectivity index (χ0) is 14.0. The molecule has 0 atom stereocenters. The van der Waals surface area contributed by atoms with Crippen molar-refractivity contribution in [2.24, 2.45) is 0 Å². The van der Waals surface area contributed by atoms with Gasteiger partial charge in [-0.15, -0.1) is 0 Å². The van der Waals surface area contributed by atoms with Crippen molar-refractivity contribution in [1.82, 2.24) is 5.16 Å². The summed E-state index contributed by atoms with van der Waals surface area (Å²) in [6.07, 6.45) is 1.46. The molecule has 0 spiro atoms. The highest BCUT2D eigenvalue weighted by Crippen LogP contribution is 2.23. The molecule has 0 saturated heterocycles. The highest BCUT2D eigenvalue weighted by molar-refractivity contribution is 6.03. The van der Waals surface area contributed by atoms with Crippen LogP contribution < -0.4 is 5.32 Å². The first-order valence-corrected chi connectivity index (χ1v) is 6.21. The molecule has 1 heterocycles. The molecule has 0 aliphatic heterocycles. The number of nitrogens with one attached hydrogen (secondary N) is 1. The van der Waals surface area contributed by atoms with Crippen molar-refractivity contribution in [3.05, 3.63) is 47.3 Å². The summed E-state index contributed by atoms with van der Waals surface area (Å²) in [5.74, 6) is -0.255. The van der Waals surface area contributed by atoms with Crippen LogP contribution in [-0.4, -0.2) is 11.1 Å². The summed E-state index contributed by atoms with van der Waals surface area (Å²) in [5, 5.41) is 6.48. The Morgan fingerprint density at radius 3 is 2.32 bits per heavy atom. The average molecular weight is 258 g/mol. The van der Waals surface area contributed by atoms with Crippen molar-refractivity contribution < 1.29 is 9.32 Å². The van der Waals surface area contributed by atoms with Crippen molar-refractivity contribution in [3.63, 3.8) is 0 Å². The van der Waals surface area contributed by atoms with E-state index in [1.54, 1.807) is 6.92 Å². The fourth-order valence-electron chi connectivity index (χ4n) is 1.75. The summed E-state index contributed by atoms with van der Waals surface area (Å²) in [6, 6.07) is 7.83. The van der Waals surface area contributed by atoms with Gasteiger partial charge in [0, 0.05) is 11.3 Å². The van der Waals surface area contributed by atoms with E-state index in [-0.39, 0.29) is 11.3 Å². The predicted molar refractivity (Wildman–Crippen MR) is 74.3 cm³/mol. The minimum Gasteiger partial charge on any atom is -0.364 e. The number of amides is 1.